The second-order valence-corrected chi connectivity index (χ2v) is 6.66. The van der Waals surface area contributed by atoms with E-state index in [0.717, 1.165) is 26.4 Å². The Morgan fingerprint density at radius 1 is 1.30 bits per heavy atom. The Morgan fingerprint density at radius 3 is 2.91 bits per heavy atom. The molecule has 0 bridgehead atoms. The van der Waals surface area contributed by atoms with Gasteiger partial charge in [-0.2, -0.15) is 0 Å². The van der Waals surface area contributed by atoms with Crippen LogP contribution in [0.2, 0.25) is 5.02 Å². The van der Waals surface area contributed by atoms with E-state index in [2.05, 4.69) is 9.97 Å². The van der Waals surface area contributed by atoms with Crippen LogP contribution in [0.15, 0.2) is 36.7 Å². The van der Waals surface area contributed by atoms with E-state index in [1.54, 1.807) is 34.7 Å². The number of thiophene rings is 1. The summed E-state index contributed by atoms with van der Waals surface area (Å²) in [6, 6.07) is 7.71. The number of carbonyl (C=O) groups is 1. The fraction of sp³-hybridized carbons (Fsp3) is 0.188. The van der Waals surface area contributed by atoms with Crippen molar-refractivity contribution in [3.8, 4) is 10.6 Å². The Kier molecular flexibility index (Phi) is 3.63. The zero-order valence-corrected chi connectivity index (χ0v) is 13.6. The van der Waals surface area contributed by atoms with Crippen molar-refractivity contribution < 1.29 is 9.53 Å². The number of cyclic esters (lactones) is 1. The summed E-state index contributed by atoms with van der Waals surface area (Å²) in [6.07, 6.45) is 3.23. The molecule has 3 aromatic rings. The maximum absolute atomic E-state index is 11.5. The predicted molar refractivity (Wildman–Crippen MR) is 89.6 cm³/mol. The predicted octanol–water partition coefficient (Wildman–Crippen LogP) is 3.96. The second kappa shape index (κ2) is 5.79. The monoisotopic (exact) mass is 345 g/mol. The van der Waals surface area contributed by atoms with Gasteiger partial charge in [0.25, 0.3) is 0 Å². The average molecular weight is 346 g/mol. The molecule has 116 valence electrons. The summed E-state index contributed by atoms with van der Waals surface area (Å²) in [6.45, 7) is 1.60. The molecule has 0 unspecified atom stereocenters. The molecule has 0 radical (unpaired) electrons. The molecule has 7 heteroatoms. The summed E-state index contributed by atoms with van der Waals surface area (Å²) in [5, 5.41) is 0.704. The number of ether oxygens (including phenoxy) is 1. The molecule has 23 heavy (non-hydrogen) atoms. The Hall–Kier alpha value is -2.18. The van der Waals surface area contributed by atoms with Gasteiger partial charge in [-0.1, -0.05) is 17.7 Å². The highest BCUT2D eigenvalue weighted by atomic mass is 35.5. The fourth-order valence-electron chi connectivity index (χ4n) is 2.49. The average Bonchev–Trinajstić information content (AvgIpc) is 3.16. The maximum Gasteiger partial charge on any atom is 0.410 e. The Bertz CT molecular complexity index is 879. The summed E-state index contributed by atoms with van der Waals surface area (Å²) in [7, 11) is 0. The lowest BCUT2D eigenvalue weighted by Gasteiger charge is -2.12. The molecule has 1 aliphatic rings. The van der Waals surface area contributed by atoms with Crippen LogP contribution < -0.4 is 0 Å². The first kappa shape index (κ1) is 14.4. The number of rotatable bonds is 3. The summed E-state index contributed by atoms with van der Waals surface area (Å²) >= 11 is 7.77. The third kappa shape index (κ3) is 2.75. The molecule has 0 aliphatic carbocycles. The van der Waals surface area contributed by atoms with Crippen molar-refractivity contribution in [2.75, 3.05) is 13.2 Å². The first-order chi connectivity index (χ1) is 11.2. The summed E-state index contributed by atoms with van der Waals surface area (Å²) in [4.78, 5) is 23.0. The van der Waals surface area contributed by atoms with E-state index in [9.17, 15) is 4.79 Å². The van der Waals surface area contributed by atoms with Gasteiger partial charge in [0.2, 0.25) is 0 Å². The number of carbonyl (C=O) groups excluding carboxylic acids is 1. The Morgan fingerprint density at radius 2 is 2.22 bits per heavy atom. The van der Waals surface area contributed by atoms with Gasteiger partial charge in [0.15, 0.2) is 0 Å². The van der Waals surface area contributed by atoms with Crippen molar-refractivity contribution in [1.82, 2.24) is 14.9 Å². The third-order valence-electron chi connectivity index (χ3n) is 3.66. The highest BCUT2D eigenvalue weighted by Crippen LogP contribution is 2.35. The molecule has 0 saturated carbocycles. The summed E-state index contributed by atoms with van der Waals surface area (Å²) < 4.78 is 5.89. The maximum atomic E-state index is 11.5. The number of amides is 1. The minimum absolute atomic E-state index is 0.265. The largest absolute Gasteiger partial charge is 0.448 e. The first-order valence-electron chi connectivity index (χ1n) is 7.12. The van der Waals surface area contributed by atoms with Crippen molar-refractivity contribution in [3.63, 3.8) is 0 Å². The van der Waals surface area contributed by atoms with Crippen LogP contribution in [-0.4, -0.2) is 34.1 Å². The molecular weight excluding hydrogens is 334 g/mol. The molecule has 4 heterocycles. The minimum Gasteiger partial charge on any atom is -0.448 e. The lowest BCUT2D eigenvalue weighted by atomic mass is 10.2. The van der Waals surface area contributed by atoms with E-state index >= 15 is 0 Å². The first-order valence-corrected chi connectivity index (χ1v) is 8.31. The van der Waals surface area contributed by atoms with E-state index in [0.29, 0.717) is 24.7 Å². The Balaban J connectivity index is 1.59. The smallest absolute Gasteiger partial charge is 0.410 e. The van der Waals surface area contributed by atoms with Gasteiger partial charge in [-0.3, -0.25) is 9.97 Å². The molecule has 1 saturated heterocycles. The van der Waals surface area contributed by atoms with E-state index in [1.165, 1.54) is 0 Å². The molecule has 0 spiro atoms. The van der Waals surface area contributed by atoms with Crippen molar-refractivity contribution in [2.24, 2.45) is 0 Å². The third-order valence-corrected chi connectivity index (χ3v) is 5.27. The van der Waals surface area contributed by atoms with E-state index in [-0.39, 0.29) is 6.09 Å². The molecule has 5 nitrogen and oxygen atoms in total. The van der Waals surface area contributed by atoms with Crippen molar-refractivity contribution in [3.05, 3.63) is 47.2 Å². The van der Waals surface area contributed by atoms with E-state index in [1.807, 2.05) is 18.2 Å². The van der Waals surface area contributed by atoms with Gasteiger partial charge in [-0.05, 0) is 23.8 Å². The molecular formula is C16H12ClN3O2S. The number of nitrogens with zero attached hydrogens (tertiary/aromatic N) is 3. The van der Waals surface area contributed by atoms with Crippen LogP contribution >= 0.6 is 22.9 Å². The molecule has 0 N–H and O–H groups in total. The molecule has 1 aliphatic heterocycles. The van der Waals surface area contributed by atoms with Gasteiger partial charge >= 0.3 is 6.09 Å². The quantitative estimate of drug-likeness (QED) is 0.721. The highest BCUT2D eigenvalue weighted by Gasteiger charge is 2.21. The Labute approximate surface area is 141 Å². The zero-order valence-electron chi connectivity index (χ0n) is 12.0. The standard InChI is InChI=1S/C16H12ClN3O2S/c17-11-3-4-18-13-7-14(23-15(11)13)12-2-1-10(8-19-12)9-20-5-6-22-16(20)21/h1-4,7-8H,5-6,9H2. The summed E-state index contributed by atoms with van der Waals surface area (Å²) in [5.41, 5.74) is 2.73. The van der Waals surface area contributed by atoms with Crippen molar-refractivity contribution >= 4 is 39.2 Å². The number of pyridine rings is 2. The van der Waals surface area contributed by atoms with Crippen LogP contribution in [0.3, 0.4) is 0 Å². The number of hydrogen-bond donors (Lipinski definition) is 0. The van der Waals surface area contributed by atoms with Crippen LogP contribution in [0.5, 0.6) is 0 Å². The SMILES string of the molecule is O=C1OCCN1Cc1ccc(-c2cc3nccc(Cl)c3s2)nc1. The van der Waals surface area contributed by atoms with Crippen LogP contribution in [0, 0.1) is 0 Å². The topological polar surface area (TPSA) is 55.3 Å². The van der Waals surface area contributed by atoms with Crippen LogP contribution in [0.25, 0.3) is 20.8 Å². The highest BCUT2D eigenvalue weighted by molar-refractivity contribution is 7.22. The molecule has 0 aromatic carbocycles. The van der Waals surface area contributed by atoms with Gasteiger partial charge in [0.1, 0.15) is 6.61 Å². The second-order valence-electron chi connectivity index (χ2n) is 5.21. The van der Waals surface area contributed by atoms with Gasteiger partial charge in [0, 0.05) is 12.4 Å². The molecule has 4 rings (SSSR count). The van der Waals surface area contributed by atoms with Crippen molar-refractivity contribution in [1.29, 1.82) is 0 Å². The van der Waals surface area contributed by atoms with Crippen molar-refractivity contribution in [2.45, 2.75) is 6.54 Å². The number of fused-ring (bicyclic) bond motifs is 1. The fourth-order valence-corrected chi connectivity index (χ4v) is 3.75. The van der Waals surface area contributed by atoms with Crippen LogP contribution in [-0.2, 0) is 11.3 Å². The van der Waals surface area contributed by atoms with E-state index in [4.69, 9.17) is 16.3 Å². The molecule has 1 amide bonds. The number of halogens is 1. The van der Waals surface area contributed by atoms with Crippen LogP contribution in [0.4, 0.5) is 4.79 Å². The van der Waals surface area contributed by atoms with Gasteiger partial charge in [0.05, 0.1) is 38.9 Å². The molecule has 1 fully saturated rings. The van der Waals surface area contributed by atoms with Gasteiger partial charge in [-0.25, -0.2) is 4.79 Å². The molecule has 0 atom stereocenters. The van der Waals surface area contributed by atoms with Gasteiger partial charge < -0.3 is 9.64 Å². The minimum atomic E-state index is -0.265. The molecule has 3 aromatic heterocycles. The zero-order chi connectivity index (χ0) is 15.8. The normalized spacial score (nSPS) is 14.5. The summed E-state index contributed by atoms with van der Waals surface area (Å²) in [5.74, 6) is 0. The number of hydrogen-bond acceptors (Lipinski definition) is 5. The van der Waals surface area contributed by atoms with Crippen LogP contribution in [0.1, 0.15) is 5.56 Å². The lowest BCUT2D eigenvalue weighted by Crippen LogP contribution is -2.23. The van der Waals surface area contributed by atoms with E-state index < -0.39 is 0 Å². The number of aromatic nitrogens is 2. The lowest BCUT2D eigenvalue weighted by molar-refractivity contribution is 0.157. The van der Waals surface area contributed by atoms with Gasteiger partial charge in [-0.15, -0.1) is 11.3 Å².